The molecule has 2 fully saturated rings. The van der Waals surface area contributed by atoms with Gasteiger partial charge >= 0.3 is 12.0 Å². The second-order valence-electron chi connectivity index (χ2n) is 14.5. The Labute approximate surface area is 274 Å². The van der Waals surface area contributed by atoms with Crippen molar-refractivity contribution in [2.24, 2.45) is 5.41 Å². The minimum Gasteiger partial charge on any atom is -0.460 e. The van der Waals surface area contributed by atoms with Gasteiger partial charge in [0.1, 0.15) is 12.2 Å². The molecule has 3 N–H and O–H groups in total. The number of hydrogen-bond donors (Lipinski definition) is 3. The summed E-state index contributed by atoms with van der Waals surface area (Å²) in [5.74, 6) is -1.47. The molecular weight excluding hydrogens is 570 g/mol. The van der Waals surface area contributed by atoms with Crippen LogP contribution in [0.2, 0.25) is 0 Å². The smallest absolute Gasteiger partial charge is 0.315 e. The lowest BCUT2D eigenvalue weighted by Gasteiger charge is -2.44. The number of carbonyl (C=O) groups excluding carboxylic acids is 3. The Morgan fingerprint density at radius 3 is 1.87 bits per heavy atom. The lowest BCUT2D eigenvalue weighted by atomic mass is 9.85. The molecule has 1 aliphatic carbocycles. The average Bonchev–Trinajstić information content (AvgIpc) is 3.41. The summed E-state index contributed by atoms with van der Waals surface area (Å²) in [7, 11) is 0. The number of ether oxygens (including phenoxy) is 3. The maximum absolute atomic E-state index is 12.8. The third kappa shape index (κ3) is 17.0. The van der Waals surface area contributed by atoms with E-state index < -0.39 is 17.3 Å². The topological polar surface area (TPSA) is 115 Å². The Morgan fingerprint density at radius 2 is 1.29 bits per heavy atom. The zero-order chi connectivity index (χ0) is 33.0. The predicted molar refractivity (Wildman–Crippen MR) is 180 cm³/mol. The molecule has 3 amide bonds. The molecule has 3 unspecified atom stereocenters. The van der Waals surface area contributed by atoms with Crippen molar-refractivity contribution in [3.8, 4) is 0 Å². The van der Waals surface area contributed by atoms with E-state index in [0.717, 1.165) is 32.1 Å². The summed E-state index contributed by atoms with van der Waals surface area (Å²) in [5.41, 5.74) is -0.477. The van der Waals surface area contributed by atoms with Crippen LogP contribution in [0.3, 0.4) is 0 Å². The zero-order valence-electron chi connectivity index (χ0n) is 29.4. The molecule has 9 nitrogen and oxygen atoms in total. The summed E-state index contributed by atoms with van der Waals surface area (Å²) in [6.45, 7) is 10.9. The van der Waals surface area contributed by atoms with Crippen LogP contribution in [0.25, 0.3) is 0 Å². The fourth-order valence-electron chi connectivity index (χ4n) is 6.26. The fraction of sp³-hybridized carbons (Fsp3) is 0.917. The molecule has 0 spiro atoms. The van der Waals surface area contributed by atoms with E-state index in [4.69, 9.17) is 14.2 Å². The molecule has 1 saturated heterocycles. The number of hydrogen-bond acceptors (Lipinski definition) is 6. The molecule has 45 heavy (non-hydrogen) atoms. The van der Waals surface area contributed by atoms with Gasteiger partial charge in [-0.05, 0) is 39.5 Å². The molecule has 0 aromatic carbocycles. The van der Waals surface area contributed by atoms with Crippen LogP contribution < -0.4 is 16.0 Å². The second-order valence-corrected chi connectivity index (χ2v) is 14.5. The molecule has 1 aliphatic heterocycles. The molecule has 262 valence electrons. The summed E-state index contributed by atoms with van der Waals surface area (Å²) in [5, 5.41) is 8.77. The molecular formula is C36H67N3O6. The number of unbranched alkanes of at least 4 members (excludes halogenated alkanes) is 15. The molecule has 1 heterocycles. The summed E-state index contributed by atoms with van der Waals surface area (Å²) in [6.07, 6.45) is 22.7. The highest BCUT2D eigenvalue weighted by atomic mass is 16.7. The van der Waals surface area contributed by atoms with E-state index in [1.54, 1.807) is 13.8 Å². The highest BCUT2D eigenvalue weighted by Crippen LogP contribution is 2.34. The summed E-state index contributed by atoms with van der Waals surface area (Å²) < 4.78 is 17.2. The van der Waals surface area contributed by atoms with E-state index in [1.807, 2.05) is 13.8 Å². The number of esters is 1. The minimum absolute atomic E-state index is 0.0629. The normalized spacial score (nSPS) is 22.1. The first kappa shape index (κ1) is 39.3. The highest BCUT2D eigenvalue weighted by Gasteiger charge is 2.45. The van der Waals surface area contributed by atoms with Crippen LogP contribution >= 0.6 is 0 Å². The Morgan fingerprint density at radius 1 is 0.733 bits per heavy atom. The lowest BCUT2D eigenvalue weighted by Crippen LogP contribution is -2.56. The molecule has 9 heteroatoms. The highest BCUT2D eigenvalue weighted by molar-refractivity contribution is 5.82. The van der Waals surface area contributed by atoms with Gasteiger partial charge in [0.2, 0.25) is 5.91 Å². The molecule has 2 aliphatic rings. The summed E-state index contributed by atoms with van der Waals surface area (Å²) in [4.78, 5) is 37.7. The lowest BCUT2D eigenvalue weighted by molar-refractivity contribution is -0.304. The molecule has 1 saturated carbocycles. The average molecular weight is 638 g/mol. The Hall–Kier alpha value is -1.87. The van der Waals surface area contributed by atoms with Crippen molar-refractivity contribution >= 4 is 17.9 Å². The zero-order valence-corrected chi connectivity index (χ0v) is 29.4. The van der Waals surface area contributed by atoms with E-state index in [0.29, 0.717) is 13.2 Å². The van der Waals surface area contributed by atoms with Gasteiger partial charge in [0.25, 0.3) is 0 Å². The fourth-order valence-corrected chi connectivity index (χ4v) is 6.26. The number of urea groups is 1. The van der Waals surface area contributed by atoms with Gasteiger partial charge in [-0.15, -0.1) is 0 Å². The second kappa shape index (κ2) is 21.8. The monoisotopic (exact) mass is 638 g/mol. The Balaban J connectivity index is 1.46. The van der Waals surface area contributed by atoms with E-state index in [9.17, 15) is 14.4 Å². The molecule has 0 aromatic heterocycles. The van der Waals surface area contributed by atoms with E-state index in [-0.39, 0.29) is 43.0 Å². The van der Waals surface area contributed by atoms with Crippen LogP contribution in [0.5, 0.6) is 0 Å². The molecule has 3 atom stereocenters. The molecule has 0 radical (unpaired) electrons. The number of rotatable bonds is 23. The number of nitrogens with one attached hydrogen (secondary N) is 3. The van der Waals surface area contributed by atoms with Crippen LogP contribution in [0.1, 0.15) is 163 Å². The van der Waals surface area contributed by atoms with Gasteiger partial charge in [-0.25, -0.2) is 4.79 Å². The van der Waals surface area contributed by atoms with Crippen LogP contribution in [-0.2, 0) is 23.8 Å². The van der Waals surface area contributed by atoms with Crippen molar-refractivity contribution in [1.82, 2.24) is 16.0 Å². The third-order valence-electron chi connectivity index (χ3n) is 9.14. The van der Waals surface area contributed by atoms with Crippen molar-refractivity contribution in [1.29, 1.82) is 0 Å². The number of carbonyl (C=O) groups is 3. The van der Waals surface area contributed by atoms with Crippen molar-refractivity contribution in [3.63, 3.8) is 0 Å². The van der Waals surface area contributed by atoms with Gasteiger partial charge in [0.05, 0.1) is 19.1 Å². The third-order valence-corrected chi connectivity index (χ3v) is 9.14. The van der Waals surface area contributed by atoms with Crippen molar-refractivity contribution in [3.05, 3.63) is 0 Å². The van der Waals surface area contributed by atoms with Crippen LogP contribution in [0.15, 0.2) is 0 Å². The number of amides is 3. The van der Waals surface area contributed by atoms with E-state index in [1.165, 1.54) is 89.9 Å². The summed E-state index contributed by atoms with van der Waals surface area (Å²) in [6, 6.07) is -0.383. The first-order valence-electron chi connectivity index (χ1n) is 18.4. The predicted octanol–water partition coefficient (Wildman–Crippen LogP) is 7.70. The molecule has 0 bridgehead atoms. The molecule has 0 aromatic rings. The van der Waals surface area contributed by atoms with Crippen LogP contribution in [0, 0.1) is 5.41 Å². The van der Waals surface area contributed by atoms with Gasteiger partial charge in [-0.2, -0.15) is 0 Å². The van der Waals surface area contributed by atoms with Crippen LogP contribution in [0.4, 0.5) is 4.79 Å². The van der Waals surface area contributed by atoms with Gasteiger partial charge in [-0.1, -0.05) is 117 Å². The Bertz CT molecular complexity index is 849. The maximum Gasteiger partial charge on any atom is 0.315 e. The van der Waals surface area contributed by atoms with Gasteiger partial charge in [0, 0.05) is 18.5 Å². The van der Waals surface area contributed by atoms with Crippen molar-refractivity contribution in [2.45, 2.75) is 187 Å². The largest absolute Gasteiger partial charge is 0.460 e. The first-order chi connectivity index (χ1) is 21.5. The Kier molecular flexibility index (Phi) is 19.1. The van der Waals surface area contributed by atoms with Crippen molar-refractivity contribution < 1.29 is 28.6 Å². The quantitative estimate of drug-likeness (QED) is 0.0782. The summed E-state index contributed by atoms with van der Waals surface area (Å²) >= 11 is 0. The minimum atomic E-state index is -0.834. The van der Waals surface area contributed by atoms with E-state index >= 15 is 0 Å². The van der Waals surface area contributed by atoms with Crippen LogP contribution in [-0.4, -0.2) is 61.6 Å². The van der Waals surface area contributed by atoms with Gasteiger partial charge in [0.15, 0.2) is 5.79 Å². The van der Waals surface area contributed by atoms with Gasteiger partial charge in [-0.3, -0.25) is 9.59 Å². The molecule has 2 rings (SSSR count). The standard InChI is InChI=1S/C36H67N3O6/c1-6-7-8-9-10-11-12-13-14-15-16-17-18-19-20-21-26-38-34(42)39-29-23-22-24-30(29)44-31(40)25-27-37-33(41)32-35(2,3)28-43-36(4,5)45-32/h29-30,32H,6-28H2,1-5H3,(H,37,41)(H2,38,39,42). The van der Waals surface area contributed by atoms with Crippen molar-refractivity contribution in [2.75, 3.05) is 19.7 Å². The van der Waals surface area contributed by atoms with Gasteiger partial charge < -0.3 is 30.2 Å². The maximum atomic E-state index is 12.8. The van der Waals surface area contributed by atoms with E-state index in [2.05, 4.69) is 22.9 Å². The first-order valence-corrected chi connectivity index (χ1v) is 18.4. The SMILES string of the molecule is CCCCCCCCCCCCCCCCCCNC(=O)NC1CCCC1OC(=O)CCNC(=O)C1OC(C)(C)OCC1(C)C.